The van der Waals surface area contributed by atoms with Crippen molar-refractivity contribution in [3.8, 4) is 11.5 Å². The fourth-order valence-corrected chi connectivity index (χ4v) is 2.12. The molecular formula is C19H19N3O6. The lowest BCUT2D eigenvalue weighted by molar-refractivity contribution is -0.137. The summed E-state index contributed by atoms with van der Waals surface area (Å²) in [6.07, 6.45) is 1.33. The van der Waals surface area contributed by atoms with Crippen molar-refractivity contribution in [2.24, 2.45) is 10.8 Å². The lowest BCUT2D eigenvalue weighted by Crippen LogP contribution is -2.32. The van der Waals surface area contributed by atoms with Gasteiger partial charge in [0, 0.05) is 0 Å². The van der Waals surface area contributed by atoms with Crippen LogP contribution < -0.4 is 20.6 Å². The Morgan fingerprint density at radius 3 is 2.39 bits per heavy atom. The molecule has 0 radical (unpaired) electrons. The van der Waals surface area contributed by atoms with Crippen LogP contribution in [0.15, 0.2) is 47.6 Å². The molecule has 0 spiro atoms. The van der Waals surface area contributed by atoms with Crippen molar-refractivity contribution < 1.29 is 28.6 Å². The molecule has 2 aromatic carbocycles. The van der Waals surface area contributed by atoms with Gasteiger partial charge in [0.25, 0.3) is 0 Å². The first-order valence-corrected chi connectivity index (χ1v) is 8.05. The van der Waals surface area contributed by atoms with E-state index in [0.717, 1.165) is 5.56 Å². The Balaban J connectivity index is 2.02. The second-order valence-electron chi connectivity index (χ2n) is 5.45. The lowest BCUT2D eigenvalue weighted by Gasteiger charge is -2.11. The van der Waals surface area contributed by atoms with Crippen molar-refractivity contribution in [1.82, 2.24) is 5.43 Å². The van der Waals surface area contributed by atoms with E-state index in [1.54, 1.807) is 42.5 Å². The number of carbonyl (C=O) groups excluding carboxylic acids is 3. The molecule has 3 N–H and O–H groups in total. The number of hydrogen-bond acceptors (Lipinski definition) is 7. The maximum absolute atomic E-state index is 11.4. The maximum Gasteiger partial charge on any atom is 0.337 e. The van der Waals surface area contributed by atoms with Crippen molar-refractivity contribution >= 4 is 24.0 Å². The molecule has 0 aromatic heterocycles. The number of hydrazone groups is 1. The molecule has 0 fully saturated rings. The predicted molar refractivity (Wildman–Crippen MR) is 100 cm³/mol. The van der Waals surface area contributed by atoms with Crippen LogP contribution in [-0.4, -0.2) is 38.2 Å². The van der Waals surface area contributed by atoms with Gasteiger partial charge >= 0.3 is 17.8 Å². The number of nitrogens with two attached hydrogens (primary N) is 1. The second-order valence-corrected chi connectivity index (χ2v) is 5.45. The summed E-state index contributed by atoms with van der Waals surface area (Å²) in [4.78, 5) is 33.1. The summed E-state index contributed by atoms with van der Waals surface area (Å²) in [6, 6.07) is 11.9. The molecule has 0 heterocycles. The Morgan fingerprint density at radius 1 is 1.07 bits per heavy atom. The molecule has 0 aliphatic heterocycles. The van der Waals surface area contributed by atoms with E-state index >= 15 is 0 Å². The van der Waals surface area contributed by atoms with Gasteiger partial charge < -0.3 is 19.9 Å². The van der Waals surface area contributed by atoms with Gasteiger partial charge in [-0.2, -0.15) is 5.10 Å². The van der Waals surface area contributed by atoms with Gasteiger partial charge in [-0.25, -0.2) is 10.2 Å². The normalized spacial score (nSPS) is 10.4. The van der Waals surface area contributed by atoms with Gasteiger partial charge in [0.2, 0.25) is 0 Å². The van der Waals surface area contributed by atoms with E-state index in [2.05, 4.69) is 9.84 Å². The lowest BCUT2D eigenvalue weighted by atomic mass is 10.1. The van der Waals surface area contributed by atoms with Crippen molar-refractivity contribution in [1.29, 1.82) is 0 Å². The van der Waals surface area contributed by atoms with E-state index in [0.29, 0.717) is 22.6 Å². The Morgan fingerprint density at radius 2 is 1.79 bits per heavy atom. The molecule has 146 valence electrons. The van der Waals surface area contributed by atoms with E-state index in [1.807, 2.05) is 5.43 Å². The number of carbonyl (C=O) groups is 3. The molecule has 0 bridgehead atoms. The number of amides is 2. The van der Waals surface area contributed by atoms with E-state index in [9.17, 15) is 14.4 Å². The number of nitrogens with zero attached hydrogens (tertiary/aromatic N) is 1. The molecule has 0 atom stereocenters. The molecule has 9 heteroatoms. The molecule has 0 saturated carbocycles. The summed E-state index contributed by atoms with van der Waals surface area (Å²) < 4.78 is 15.7. The third kappa shape index (κ3) is 5.56. The van der Waals surface area contributed by atoms with Crippen LogP contribution >= 0.6 is 0 Å². The minimum atomic E-state index is -1.13. The monoisotopic (exact) mass is 385 g/mol. The number of benzene rings is 2. The minimum Gasteiger partial charge on any atom is -0.493 e. The van der Waals surface area contributed by atoms with E-state index in [4.69, 9.17) is 15.2 Å². The Labute approximate surface area is 161 Å². The Hall–Kier alpha value is -3.88. The molecule has 9 nitrogen and oxygen atoms in total. The van der Waals surface area contributed by atoms with Crippen molar-refractivity contribution in [3.63, 3.8) is 0 Å². The molecule has 2 amide bonds. The number of rotatable bonds is 7. The standard InChI is InChI=1S/C19H19N3O6/c1-26-16-9-13(10-21-22-18(24)17(20)23)5-8-15(16)28-11-12-3-6-14(7-4-12)19(25)27-2/h3-10H,11H2,1-2H3,(H2,20,23)(H,22,24)/b21-10+. The van der Waals surface area contributed by atoms with E-state index < -0.39 is 17.8 Å². The summed E-state index contributed by atoms with van der Waals surface area (Å²) in [5.41, 5.74) is 8.72. The van der Waals surface area contributed by atoms with Crippen LogP contribution in [0.3, 0.4) is 0 Å². The average Bonchev–Trinajstić information content (AvgIpc) is 2.72. The third-order valence-electron chi connectivity index (χ3n) is 3.56. The van der Waals surface area contributed by atoms with E-state index in [-0.39, 0.29) is 6.61 Å². The first kappa shape index (κ1) is 20.4. The summed E-state index contributed by atoms with van der Waals surface area (Å²) in [5, 5.41) is 3.63. The summed E-state index contributed by atoms with van der Waals surface area (Å²) in [5.74, 6) is -1.59. The Kier molecular flexibility index (Phi) is 7.09. The molecule has 2 aromatic rings. The second kappa shape index (κ2) is 9.72. The Bertz CT molecular complexity index is 893. The van der Waals surface area contributed by atoms with Gasteiger partial charge in [0.1, 0.15) is 6.61 Å². The molecule has 28 heavy (non-hydrogen) atoms. The van der Waals surface area contributed by atoms with Gasteiger partial charge in [0.15, 0.2) is 11.5 Å². The molecular weight excluding hydrogens is 366 g/mol. The fraction of sp³-hybridized carbons (Fsp3) is 0.158. The van der Waals surface area contributed by atoms with Crippen LogP contribution in [0.2, 0.25) is 0 Å². The summed E-state index contributed by atoms with van der Waals surface area (Å²) in [7, 11) is 2.81. The largest absolute Gasteiger partial charge is 0.493 e. The van der Waals surface area contributed by atoms with Crippen molar-refractivity contribution in [2.75, 3.05) is 14.2 Å². The number of ether oxygens (including phenoxy) is 3. The van der Waals surface area contributed by atoms with Gasteiger partial charge in [-0.1, -0.05) is 12.1 Å². The number of primary amides is 1. The highest BCUT2D eigenvalue weighted by molar-refractivity contribution is 6.34. The number of esters is 1. The first-order valence-electron chi connectivity index (χ1n) is 8.05. The number of methoxy groups -OCH3 is 2. The highest BCUT2D eigenvalue weighted by atomic mass is 16.5. The first-order chi connectivity index (χ1) is 13.4. The van der Waals surface area contributed by atoms with Gasteiger partial charge in [-0.05, 0) is 41.5 Å². The topological polar surface area (TPSA) is 129 Å². The fourth-order valence-electron chi connectivity index (χ4n) is 2.12. The quantitative estimate of drug-likeness (QED) is 0.317. The van der Waals surface area contributed by atoms with E-state index in [1.165, 1.54) is 20.4 Å². The number of hydrogen-bond donors (Lipinski definition) is 2. The third-order valence-corrected chi connectivity index (χ3v) is 3.56. The van der Waals surface area contributed by atoms with Crippen LogP contribution in [0.25, 0.3) is 0 Å². The molecule has 2 rings (SSSR count). The van der Waals surface area contributed by atoms with Gasteiger partial charge in [-0.15, -0.1) is 0 Å². The molecule has 0 saturated heterocycles. The molecule has 0 unspecified atom stereocenters. The SMILES string of the molecule is COC(=O)c1ccc(COc2ccc(/C=N/NC(=O)C(N)=O)cc2OC)cc1. The van der Waals surface area contributed by atoms with Crippen LogP contribution in [0.5, 0.6) is 11.5 Å². The summed E-state index contributed by atoms with van der Waals surface area (Å²) in [6.45, 7) is 0.264. The zero-order valence-corrected chi connectivity index (χ0v) is 15.3. The average molecular weight is 385 g/mol. The highest BCUT2D eigenvalue weighted by Crippen LogP contribution is 2.28. The van der Waals surface area contributed by atoms with Crippen molar-refractivity contribution in [3.05, 3.63) is 59.2 Å². The molecule has 0 aliphatic rings. The van der Waals surface area contributed by atoms with Crippen molar-refractivity contribution in [2.45, 2.75) is 6.61 Å². The number of nitrogens with one attached hydrogen (secondary N) is 1. The van der Waals surface area contributed by atoms with Gasteiger partial charge in [-0.3, -0.25) is 9.59 Å². The minimum absolute atomic E-state index is 0.264. The van der Waals surface area contributed by atoms with Crippen LogP contribution in [0.4, 0.5) is 0 Å². The maximum atomic E-state index is 11.4. The van der Waals surface area contributed by atoms with Crippen LogP contribution in [0, 0.1) is 0 Å². The zero-order valence-electron chi connectivity index (χ0n) is 15.3. The zero-order chi connectivity index (χ0) is 20.5. The van der Waals surface area contributed by atoms with Gasteiger partial charge in [0.05, 0.1) is 26.0 Å². The predicted octanol–water partition coefficient (Wildman–Crippen LogP) is 0.996. The smallest absolute Gasteiger partial charge is 0.337 e. The van der Waals surface area contributed by atoms with Crippen LogP contribution in [0.1, 0.15) is 21.5 Å². The molecule has 0 aliphatic carbocycles. The van der Waals surface area contributed by atoms with Crippen LogP contribution in [-0.2, 0) is 20.9 Å². The highest BCUT2D eigenvalue weighted by Gasteiger charge is 2.08. The summed E-state index contributed by atoms with van der Waals surface area (Å²) >= 11 is 0.